The Hall–Kier alpha value is -1.29. The van der Waals surface area contributed by atoms with Gasteiger partial charge in [0.25, 0.3) is 0 Å². The van der Waals surface area contributed by atoms with Crippen molar-refractivity contribution in [3.63, 3.8) is 0 Å². The van der Waals surface area contributed by atoms with E-state index in [2.05, 4.69) is 28.9 Å². The lowest BCUT2D eigenvalue weighted by molar-refractivity contribution is 0.435. The van der Waals surface area contributed by atoms with E-state index in [4.69, 9.17) is 5.73 Å². The molecule has 1 fully saturated rings. The predicted octanol–water partition coefficient (Wildman–Crippen LogP) is 4.04. The molecule has 1 aliphatic heterocycles. The van der Waals surface area contributed by atoms with Crippen molar-refractivity contribution in [2.75, 3.05) is 17.2 Å². The second-order valence-corrected chi connectivity index (χ2v) is 6.22. The molecule has 19 heavy (non-hydrogen) atoms. The number of hydrogen-bond acceptors (Lipinski definition) is 4. The Bertz CT molecular complexity index is 562. The number of anilines is 2. The third-order valence-electron chi connectivity index (χ3n) is 4.08. The molecule has 2 aromatic rings. The van der Waals surface area contributed by atoms with Crippen LogP contribution in [0, 0.1) is 0 Å². The number of thiazole rings is 1. The van der Waals surface area contributed by atoms with Gasteiger partial charge in [0.1, 0.15) is 5.52 Å². The second-order valence-electron chi connectivity index (χ2n) is 5.33. The normalized spacial score (nSPS) is 20.1. The van der Waals surface area contributed by atoms with Gasteiger partial charge in [-0.25, -0.2) is 4.98 Å². The first-order chi connectivity index (χ1) is 9.31. The summed E-state index contributed by atoms with van der Waals surface area (Å²) < 4.78 is 1.19. The molecule has 2 N–H and O–H groups in total. The number of nitrogens with zero attached hydrogens (tertiary/aromatic N) is 2. The Labute approximate surface area is 118 Å². The Morgan fingerprint density at radius 2 is 2.32 bits per heavy atom. The first kappa shape index (κ1) is 12.7. The van der Waals surface area contributed by atoms with Gasteiger partial charge in [-0.05, 0) is 37.8 Å². The number of nitrogens with two attached hydrogens (primary N) is 1. The number of rotatable bonds is 3. The highest BCUT2D eigenvalue weighted by Crippen LogP contribution is 2.36. The van der Waals surface area contributed by atoms with Gasteiger partial charge in [0.15, 0.2) is 0 Å². The Balaban J connectivity index is 1.99. The fourth-order valence-corrected chi connectivity index (χ4v) is 3.84. The molecule has 0 radical (unpaired) electrons. The lowest BCUT2D eigenvalue weighted by Crippen LogP contribution is -2.39. The van der Waals surface area contributed by atoms with E-state index in [1.165, 1.54) is 42.5 Å². The van der Waals surface area contributed by atoms with Crippen LogP contribution in [0.5, 0.6) is 0 Å². The fourth-order valence-electron chi connectivity index (χ4n) is 3.14. The number of hydrogen-bond donors (Lipinski definition) is 1. The van der Waals surface area contributed by atoms with E-state index < -0.39 is 0 Å². The molecule has 1 aromatic carbocycles. The van der Waals surface area contributed by atoms with E-state index >= 15 is 0 Å². The van der Waals surface area contributed by atoms with Gasteiger partial charge < -0.3 is 10.6 Å². The average Bonchev–Trinajstić information content (AvgIpc) is 2.90. The maximum Gasteiger partial charge on any atom is 0.106 e. The maximum absolute atomic E-state index is 6.36. The van der Waals surface area contributed by atoms with Crippen molar-refractivity contribution < 1.29 is 0 Å². The zero-order valence-corrected chi connectivity index (χ0v) is 12.2. The summed E-state index contributed by atoms with van der Waals surface area (Å²) in [6.45, 7) is 3.39. The summed E-state index contributed by atoms with van der Waals surface area (Å²) in [7, 11) is 0. The van der Waals surface area contributed by atoms with Crippen molar-refractivity contribution in [2.45, 2.75) is 45.1 Å². The average molecular weight is 275 g/mol. The molecule has 2 heterocycles. The van der Waals surface area contributed by atoms with E-state index in [9.17, 15) is 0 Å². The van der Waals surface area contributed by atoms with Gasteiger partial charge >= 0.3 is 0 Å². The van der Waals surface area contributed by atoms with E-state index in [1.807, 2.05) is 5.51 Å². The van der Waals surface area contributed by atoms with Crippen molar-refractivity contribution in [1.82, 2.24) is 4.98 Å². The van der Waals surface area contributed by atoms with Crippen molar-refractivity contribution in [3.05, 3.63) is 17.6 Å². The molecular weight excluding hydrogens is 254 g/mol. The number of benzene rings is 1. The standard InChI is InChI=1S/C15H21N3S/c1-2-5-11-6-3-4-9-18(11)12-7-8-13-15(14(12)16)17-10-19-13/h7-8,10-11H,2-6,9,16H2,1H3. The zero-order chi connectivity index (χ0) is 13.2. The molecule has 1 unspecified atom stereocenters. The molecule has 0 bridgehead atoms. The SMILES string of the molecule is CCCC1CCCCN1c1ccc2scnc2c1N. The fraction of sp³-hybridized carbons (Fsp3) is 0.533. The first-order valence-electron chi connectivity index (χ1n) is 7.19. The zero-order valence-electron chi connectivity index (χ0n) is 11.4. The number of aromatic nitrogens is 1. The Kier molecular flexibility index (Phi) is 3.60. The van der Waals surface area contributed by atoms with Crippen molar-refractivity contribution in [1.29, 1.82) is 0 Å². The highest BCUT2D eigenvalue weighted by molar-refractivity contribution is 7.16. The number of piperidine rings is 1. The smallest absolute Gasteiger partial charge is 0.106 e. The van der Waals surface area contributed by atoms with Crippen LogP contribution in [-0.4, -0.2) is 17.6 Å². The molecule has 4 heteroatoms. The highest BCUT2D eigenvalue weighted by atomic mass is 32.1. The summed E-state index contributed by atoms with van der Waals surface area (Å²) in [5, 5.41) is 0. The lowest BCUT2D eigenvalue weighted by atomic mass is 9.97. The van der Waals surface area contributed by atoms with Gasteiger partial charge in [-0.3, -0.25) is 0 Å². The summed E-state index contributed by atoms with van der Waals surface area (Å²) in [6, 6.07) is 5.00. The van der Waals surface area contributed by atoms with E-state index in [-0.39, 0.29) is 0 Å². The highest BCUT2D eigenvalue weighted by Gasteiger charge is 2.24. The minimum absolute atomic E-state index is 0.650. The Morgan fingerprint density at radius 3 is 3.16 bits per heavy atom. The van der Waals surface area contributed by atoms with Crippen molar-refractivity contribution in [2.24, 2.45) is 0 Å². The summed E-state index contributed by atoms with van der Waals surface area (Å²) in [4.78, 5) is 6.93. The van der Waals surface area contributed by atoms with Gasteiger partial charge in [-0.2, -0.15) is 0 Å². The van der Waals surface area contributed by atoms with Crippen molar-refractivity contribution in [3.8, 4) is 0 Å². The summed E-state index contributed by atoms with van der Waals surface area (Å²) >= 11 is 1.66. The van der Waals surface area contributed by atoms with Crippen LogP contribution in [0.25, 0.3) is 10.2 Å². The van der Waals surface area contributed by atoms with E-state index in [0.29, 0.717) is 6.04 Å². The minimum Gasteiger partial charge on any atom is -0.395 e. The van der Waals surface area contributed by atoms with Crippen LogP contribution < -0.4 is 10.6 Å². The van der Waals surface area contributed by atoms with Crippen LogP contribution in [0.2, 0.25) is 0 Å². The molecule has 0 saturated carbocycles. The molecular formula is C15H21N3S. The van der Waals surface area contributed by atoms with Crippen molar-refractivity contribution >= 4 is 32.9 Å². The molecule has 0 spiro atoms. The summed E-state index contributed by atoms with van der Waals surface area (Å²) in [5.74, 6) is 0. The third kappa shape index (κ3) is 2.29. The van der Waals surface area contributed by atoms with Crippen LogP contribution in [0.1, 0.15) is 39.0 Å². The predicted molar refractivity (Wildman–Crippen MR) is 83.9 cm³/mol. The van der Waals surface area contributed by atoms with Crippen LogP contribution in [0.4, 0.5) is 11.4 Å². The molecule has 3 rings (SSSR count). The first-order valence-corrected chi connectivity index (χ1v) is 8.07. The Morgan fingerprint density at radius 1 is 1.42 bits per heavy atom. The molecule has 1 saturated heterocycles. The minimum atomic E-state index is 0.650. The molecule has 3 nitrogen and oxygen atoms in total. The van der Waals surface area contributed by atoms with Crippen LogP contribution >= 0.6 is 11.3 Å². The summed E-state index contributed by atoms with van der Waals surface area (Å²) in [6.07, 6.45) is 6.41. The van der Waals surface area contributed by atoms with Crippen LogP contribution in [0.15, 0.2) is 17.6 Å². The van der Waals surface area contributed by atoms with Gasteiger partial charge in [-0.1, -0.05) is 13.3 Å². The second kappa shape index (κ2) is 5.37. The van der Waals surface area contributed by atoms with Gasteiger partial charge in [0.05, 0.1) is 21.6 Å². The van der Waals surface area contributed by atoms with Crippen LogP contribution in [-0.2, 0) is 0 Å². The number of fused-ring (bicyclic) bond motifs is 1. The third-order valence-corrected chi connectivity index (χ3v) is 4.87. The van der Waals surface area contributed by atoms with E-state index in [0.717, 1.165) is 17.7 Å². The molecule has 1 aliphatic rings. The molecule has 0 amide bonds. The lowest BCUT2D eigenvalue weighted by Gasteiger charge is -2.38. The maximum atomic E-state index is 6.36. The molecule has 102 valence electrons. The molecule has 1 atom stereocenters. The topological polar surface area (TPSA) is 42.2 Å². The van der Waals surface area contributed by atoms with Gasteiger partial charge in [0, 0.05) is 12.6 Å². The summed E-state index contributed by atoms with van der Waals surface area (Å²) in [5.41, 5.74) is 11.3. The monoisotopic (exact) mass is 275 g/mol. The largest absolute Gasteiger partial charge is 0.395 e. The van der Waals surface area contributed by atoms with Gasteiger partial charge in [-0.15, -0.1) is 11.3 Å². The van der Waals surface area contributed by atoms with Crippen LogP contribution in [0.3, 0.4) is 0 Å². The van der Waals surface area contributed by atoms with E-state index in [1.54, 1.807) is 11.3 Å². The molecule has 0 aliphatic carbocycles. The molecule has 1 aromatic heterocycles. The quantitative estimate of drug-likeness (QED) is 0.860. The number of nitrogen functional groups attached to an aromatic ring is 1. The van der Waals surface area contributed by atoms with Gasteiger partial charge in [0.2, 0.25) is 0 Å².